The predicted molar refractivity (Wildman–Crippen MR) is 93.7 cm³/mol. The molecule has 0 aliphatic rings. The van der Waals surface area contributed by atoms with Crippen LogP contribution < -0.4 is 5.32 Å². The van der Waals surface area contributed by atoms with Crippen LogP contribution >= 0.6 is 11.6 Å². The summed E-state index contributed by atoms with van der Waals surface area (Å²) in [7, 11) is 0. The van der Waals surface area contributed by atoms with Gasteiger partial charge in [0, 0.05) is 22.6 Å². The van der Waals surface area contributed by atoms with E-state index in [0.29, 0.717) is 10.8 Å². The number of rotatable bonds is 4. The van der Waals surface area contributed by atoms with Gasteiger partial charge in [-0.1, -0.05) is 31.5 Å². The van der Waals surface area contributed by atoms with Crippen LogP contribution in [0.15, 0.2) is 24.4 Å². The molecule has 0 aliphatic carbocycles. The van der Waals surface area contributed by atoms with Crippen molar-refractivity contribution >= 4 is 29.0 Å². The number of nitrogens with one attached hydrogen (secondary N) is 1. The Morgan fingerprint density at radius 1 is 1.25 bits per heavy atom. The molecular weight excluding hydrogens is 326 g/mol. The van der Waals surface area contributed by atoms with E-state index in [1.807, 2.05) is 39.0 Å². The zero-order chi connectivity index (χ0) is 17.3. The number of carbonyl (C=O) groups excluding carboxylic acids is 1. The molecule has 2 heterocycles. The number of nitrogens with zero attached hydrogens (tertiary/aromatic N) is 4. The van der Waals surface area contributed by atoms with Gasteiger partial charge in [-0.2, -0.15) is 4.98 Å². The molecule has 2 aromatic heterocycles. The first-order chi connectivity index (χ1) is 11.5. The molecule has 7 heteroatoms. The molecule has 6 nitrogen and oxygen atoms in total. The molecular formula is C17H18ClN5O. The van der Waals surface area contributed by atoms with E-state index in [-0.39, 0.29) is 11.7 Å². The number of hydrogen-bond acceptors (Lipinski definition) is 4. The lowest BCUT2D eigenvalue weighted by atomic mass is 10.0. The fourth-order valence-corrected chi connectivity index (χ4v) is 2.93. The second kappa shape index (κ2) is 6.57. The van der Waals surface area contributed by atoms with Gasteiger partial charge in [0.15, 0.2) is 0 Å². The quantitative estimate of drug-likeness (QED) is 0.787. The maximum atomic E-state index is 12.6. The third-order valence-electron chi connectivity index (χ3n) is 3.95. The van der Waals surface area contributed by atoms with Crippen LogP contribution in [0.4, 0.5) is 5.69 Å². The monoisotopic (exact) mass is 343 g/mol. The number of aromatic nitrogens is 4. The minimum absolute atomic E-state index is 0.0841. The molecule has 3 rings (SSSR count). The van der Waals surface area contributed by atoms with Crippen LogP contribution in [0.3, 0.4) is 0 Å². The number of halogens is 1. The van der Waals surface area contributed by atoms with Crippen molar-refractivity contribution in [3.8, 4) is 0 Å². The standard InChI is InChI=1S/C17H18ClN5O/c1-4-11-6-7-13(18)12(5-2)14(11)20-16(24)15-21-17-19-9-8-10(3)23(17)22-15/h6-9H,4-5H2,1-3H3,(H,20,24). The van der Waals surface area contributed by atoms with E-state index < -0.39 is 0 Å². The van der Waals surface area contributed by atoms with Gasteiger partial charge in [-0.15, -0.1) is 5.10 Å². The number of fused-ring (bicyclic) bond motifs is 1. The SMILES string of the molecule is CCc1ccc(Cl)c(CC)c1NC(=O)c1nc2nccc(C)n2n1. The number of benzene rings is 1. The van der Waals surface area contributed by atoms with E-state index in [1.165, 1.54) is 0 Å². The number of anilines is 1. The fraction of sp³-hybridized carbons (Fsp3) is 0.294. The topological polar surface area (TPSA) is 72.2 Å². The van der Waals surface area contributed by atoms with Gasteiger partial charge in [-0.3, -0.25) is 4.79 Å². The Labute approximate surface area is 144 Å². The van der Waals surface area contributed by atoms with Crippen LogP contribution in [-0.4, -0.2) is 25.5 Å². The predicted octanol–water partition coefficient (Wildman–Crippen LogP) is 3.46. The molecule has 124 valence electrons. The van der Waals surface area contributed by atoms with Gasteiger partial charge in [0.05, 0.1) is 0 Å². The smallest absolute Gasteiger partial charge is 0.295 e. The van der Waals surface area contributed by atoms with E-state index in [1.54, 1.807) is 10.7 Å². The van der Waals surface area contributed by atoms with Crippen molar-refractivity contribution in [1.82, 2.24) is 19.6 Å². The van der Waals surface area contributed by atoms with Crippen LogP contribution in [-0.2, 0) is 12.8 Å². The van der Waals surface area contributed by atoms with Crippen molar-refractivity contribution in [2.45, 2.75) is 33.6 Å². The molecule has 0 radical (unpaired) electrons. The summed E-state index contributed by atoms with van der Waals surface area (Å²) in [6.45, 7) is 5.92. The summed E-state index contributed by atoms with van der Waals surface area (Å²) in [6.07, 6.45) is 3.16. The summed E-state index contributed by atoms with van der Waals surface area (Å²) in [4.78, 5) is 20.9. The van der Waals surface area contributed by atoms with E-state index in [0.717, 1.165) is 35.3 Å². The van der Waals surface area contributed by atoms with Crippen molar-refractivity contribution in [3.63, 3.8) is 0 Å². The van der Waals surface area contributed by atoms with E-state index in [4.69, 9.17) is 11.6 Å². The fourth-order valence-electron chi connectivity index (χ4n) is 2.64. The molecule has 0 saturated carbocycles. The molecule has 0 aliphatic heterocycles. The zero-order valence-corrected chi connectivity index (χ0v) is 14.6. The highest BCUT2D eigenvalue weighted by molar-refractivity contribution is 6.32. The van der Waals surface area contributed by atoms with Gasteiger partial charge in [0.25, 0.3) is 11.7 Å². The van der Waals surface area contributed by atoms with Gasteiger partial charge in [0.2, 0.25) is 5.82 Å². The van der Waals surface area contributed by atoms with Crippen LogP contribution in [0.5, 0.6) is 0 Å². The summed E-state index contributed by atoms with van der Waals surface area (Å²) in [6, 6.07) is 5.61. The lowest BCUT2D eigenvalue weighted by molar-refractivity contribution is 0.101. The Morgan fingerprint density at radius 3 is 2.71 bits per heavy atom. The number of amides is 1. The molecule has 0 atom stereocenters. The highest BCUT2D eigenvalue weighted by Gasteiger charge is 2.18. The Kier molecular flexibility index (Phi) is 4.49. The second-order valence-corrected chi connectivity index (χ2v) is 5.86. The zero-order valence-electron chi connectivity index (χ0n) is 13.8. The first-order valence-electron chi connectivity index (χ1n) is 7.85. The number of aryl methyl sites for hydroxylation is 2. The summed E-state index contributed by atoms with van der Waals surface area (Å²) >= 11 is 6.28. The van der Waals surface area contributed by atoms with Gasteiger partial charge in [0.1, 0.15) is 0 Å². The molecule has 0 unspecified atom stereocenters. The minimum Gasteiger partial charge on any atom is -0.319 e. The van der Waals surface area contributed by atoms with Gasteiger partial charge in [-0.25, -0.2) is 9.50 Å². The summed E-state index contributed by atoms with van der Waals surface area (Å²) in [5, 5.41) is 7.81. The van der Waals surface area contributed by atoms with Crippen LogP contribution in [0.2, 0.25) is 5.02 Å². The van der Waals surface area contributed by atoms with E-state index in [9.17, 15) is 4.79 Å². The van der Waals surface area contributed by atoms with Crippen LogP contribution in [0.25, 0.3) is 5.78 Å². The van der Waals surface area contributed by atoms with Crippen molar-refractivity contribution in [1.29, 1.82) is 0 Å². The number of hydrogen-bond donors (Lipinski definition) is 1. The average Bonchev–Trinajstić information content (AvgIpc) is 3.01. The maximum absolute atomic E-state index is 12.6. The molecule has 0 spiro atoms. The molecule has 1 amide bonds. The van der Waals surface area contributed by atoms with Crippen molar-refractivity contribution in [3.05, 3.63) is 52.1 Å². The molecule has 1 N–H and O–H groups in total. The van der Waals surface area contributed by atoms with E-state index in [2.05, 4.69) is 20.4 Å². The minimum atomic E-state index is -0.369. The largest absolute Gasteiger partial charge is 0.319 e. The van der Waals surface area contributed by atoms with Crippen molar-refractivity contribution in [2.24, 2.45) is 0 Å². The van der Waals surface area contributed by atoms with Gasteiger partial charge in [-0.05, 0) is 43.0 Å². The molecule has 0 saturated heterocycles. The second-order valence-electron chi connectivity index (χ2n) is 5.45. The normalized spacial score (nSPS) is 11.0. The highest BCUT2D eigenvalue weighted by atomic mass is 35.5. The Morgan fingerprint density at radius 2 is 2.04 bits per heavy atom. The molecule has 3 aromatic rings. The van der Waals surface area contributed by atoms with Gasteiger partial charge >= 0.3 is 0 Å². The molecule has 0 fully saturated rings. The van der Waals surface area contributed by atoms with Crippen molar-refractivity contribution in [2.75, 3.05) is 5.32 Å². The average molecular weight is 344 g/mol. The number of carbonyl (C=O) groups is 1. The maximum Gasteiger partial charge on any atom is 0.295 e. The third kappa shape index (κ3) is 2.85. The van der Waals surface area contributed by atoms with Gasteiger partial charge < -0.3 is 5.32 Å². The van der Waals surface area contributed by atoms with Crippen LogP contribution in [0.1, 0.15) is 41.3 Å². The van der Waals surface area contributed by atoms with Crippen LogP contribution in [0, 0.1) is 6.92 Å². The Bertz CT molecular complexity index is 919. The molecule has 0 bridgehead atoms. The summed E-state index contributed by atoms with van der Waals surface area (Å²) < 4.78 is 1.55. The van der Waals surface area contributed by atoms with E-state index >= 15 is 0 Å². The first-order valence-corrected chi connectivity index (χ1v) is 8.22. The van der Waals surface area contributed by atoms with Crippen molar-refractivity contribution < 1.29 is 4.79 Å². The Balaban J connectivity index is 2.00. The summed E-state index contributed by atoms with van der Waals surface area (Å²) in [5.74, 6) is 0.116. The Hall–Kier alpha value is -2.47. The summed E-state index contributed by atoms with van der Waals surface area (Å²) in [5.41, 5.74) is 3.56. The first kappa shape index (κ1) is 16.4. The highest BCUT2D eigenvalue weighted by Crippen LogP contribution is 2.29. The third-order valence-corrected chi connectivity index (χ3v) is 4.30. The molecule has 1 aromatic carbocycles. The lowest BCUT2D eigenvalue weighted by Crippen LogP contribution is -2.17. The molecule has 24 heavy (non-hydrogen) atoms. The lowest BCUT2D eigenvalue weighted by Gasteiger charge is -2.15.